The average molecular weight is 382 g/mol. The zero-order valence-corrected chi connectivity index (χ0v) is 18.3. The number of aryl methyl sites for hydroxylation is 1. The maximum absolute atomic E-state index is 5.82. The molecule has 0 aliphatic rings. The number of nitrogens with zero attached hydrogens (tertiary/aromatic N) is 1. The van der Waals surface area contributed by atoms with Gasteiger partial charge in [0.1, 0.15) is 5.75 Å². The third kappa shape index (κ3) is 8.04. The SMILES string of the molecule is CCCCCCCCc1ccc(C(C)c2ccc(OCCCCC)cc2)nc1. The molecular formula is C26H39NO. The quantitative estimate of drug-likeness (QED) is 0.313. The second kappa shape index (κ2) is 13.4. The van der Waals surface area contributed by atoms with Crippen LogP contribution < -0.4 is 4.74 Å². The molecule has 0 spiro atoms. The number of ether oxygens (including phenoxy) is 1. The molecule has 2 aromatic rings. The highest BCUT2D eigenvalue weighted by Crippen LogP contribution is 2.25. The first-order valence-electron chi connectivity index (χ1n) is 11.4. The van der Waals surface area contributed by atoms with E-state index in [1.165, 1.54) is 62.5 Å². The number of hydrogen-bond acceptors (Lipinski definition) is 2. The molecule has 28 heavy (non-hydrogen) atoms. The van der Waals surface area contributed by atoms with Crippen molar-refractivity contribution in [2.24, 2.45) is 0 Å². The van der Waals surface area contributed by atoms with Crippen molar-refractivity contribution in [1.82, 2.24) is 4.98 Å². The number of unbranched alkanes of at least 4 members (excludes halogenated alkanes) is 7. The van der Waals surface area contributed by atoms with Gasteiger partial charge in [0.15, 0.2) is 0 Å². The minimum absolute atomic E-state index is 0.303. The lowest BCUT2D eigenvalue weighted by Gasteiger charge is -2.13. The van der Waals surface area contributed by atoms with Crippen LogP contribution in [0.5, 0.6) is 5.75 Å². The molecule has 1 aromatic carbocycles. The molecule has 1 atom stereocenters. The Labute approximate surface area is 172 Å². The van der Waals surface area contributed by atoms with Crippen LogP contribution in [0.3, 0.4) is 0 Å². The Bertz CT molecular complexity index is 632. The number of pyridine rings is 1. The van der Waals surface area contributed by atoms with Crippen LogP contribution >= 0.6 is 0 Å². The molecule has 0 radical (unpaired) electrons. The predicted molar refractivity (Wildman–Crippen MR) is 120 cm³/mol. The van der Waals surface area contributed by atoms with E-state index in [9.17, 15) is 0 Å². The predicted octanol–water partition coefficient (Wildman–Crippen LogP) is 7.71. The Kier molecular flexibility index (Phi) is 10.7. The lowest BCUT2D eigenvalue weighted by atomic mass is 9.96. The number of benzene rings is 1. The topological polar surface area (TPSA) is 22.1 Å². The zero-order valence-electron chi connectivity index (χ0n) is 18.3. The molecule has 0 amide bonds. The summed E-state index contributed by atoms with van der Waals surface area (Å²) < 4.78 is 5.82. The molecule has 1 heterocycles. The van der Waals surface area contributed by atoms with Crippen LogP contribution in [-0.2, 0) is 6.42 Å². The van der Waals surface area contributed by atoms with Gasteiger partial charge in [-0.25, -0.2) is 0 Å². The fourth-order valence-corrected chi connectivity index (χ4v) is 3.51. The summed E-state index contributed by atoms with van der Waals surface area (Å²) in [6, 6.07) is 13.0. The Morgan fingerprint density at radius 3 is 2.14 bits per heavy atom. The monoisotopic (exact) mass is 381 g/mol. The van der Waals surface area contributed by atoms with Gasteiger partial charge in [0.25, 0.3) is 0 Å². The van der Waals surface area contributed by atoms with Crippen molar-refractivity contribution in [3.8, 4) is 5.75 Å². The summed E-state index contributed by atoms with van der Waals surface area (Å²) in [5, 5.41) is 0. The van der Waals surface area contributed by atoms with Crippen molar-refractivity contribution in [2.75, 3.05) is 6.61 Å². The Morgan fingerprint density at radius 2 is 1.46 bits per heavy atom. The van der Waals surface area contributed by atoms with Crippen LogP contribution in [0.15, 0.2) is 42.6 Å². The number of aromatic nitrogens is 1. The molecule has 0 saturated heterocycles. The highest BCUT2D eigenvalue weighted by Gasteiger charge is 2.10. The fraction of sp³-hybridized carbons (Fsp3) is 0.577. The van der Waals surface area contributed by atoms with Gasteiger partial charge in [-0.3, -0.25) is 4.98 Å². The van der Waals surface area contributed by atoms with E-state index in [4.69, 9.17) is 9.72 Å². The van der Waals surface area contributed by atoms with Crippen molar-refractivity contribution in [2.45, 2.75) is 90.9 Å². The van der Waals surface area contributed by atoms with E-state index in [0.717, 1.165) is 30.9 Å². The van der Waals surface area contributed by atoms with Crippen LogP contribution in [0.25, 0.3) is 0 Å². The lowest BCUT2D eigenvalue weighted by Crippen LogP contribution is -2.01. The van der Waals surface area contributed by atoms with Crippen LogP contribution in [0.2, 0.25) is 0 Å². The molecular weight excluding hydrogens is 342 g/mol. The van der Waals surface area contributed by atoms with Gasteiger partial charge in [0.05, 0.1) is 6.61 Å². The Balaban J connectivity index is 1.79. The van der Waals surface area contributed by atoms with E-state index < -0.39 is 0 Å². The molecule has 1 unspecified atom stereocenters. The third-order valence-corrected chi connectivity index (χ3v) is 5.51. The molecule has 2 nitrogen and oxygen atoms in total. The minimum Gasteiger partial charge on any atom is -0.494 e. The van der Waals surface area contributed by atoms with E-state index >= 15 is 0 Å². The molecule has 0 fully saturated rings. The highest BCUT2D eigenvalue weighted by atomic mass is 16.5. The second-order valence-corrected chi connectivity index (χ2v) is 7.96. The molecule has 2 heteroatoms. The van der Waals surface area contributed by atoms with Crippen molar-refractivity contribution in [1.29, 1.82) is 0 Å². The third-order valence-electron chi connectivity index (χ3n) is 5.51. The summed E-state index contributed by atoms with van der Waals surface area (Å²) >= 11 is 0. The van der Waals surface area contributed by atoms with Gasteiger partial charge in [-0.1, -0.05) is 83.9 Å². The van der Waals surface area contributed by atoms with E-state index in [1.807, 2.05) is 0 Å². The largest absolute Gasteiger partial charge is 0.494 e. The first kappa shape index (κ1) is 22.5. The second-order valence-electron chi connectivity index (χ2n) is 7.96. The maximum atomic E-state index is 5.82. The average Bonchev–Trinajstić information content (AvgIpc) is 2.74. The van der Waals surface area contributed by atoms with E-state index in [2.05, 4.69) is 63.4 Å². The summed E-state index contributed by atoms with van der Waals surface area (Å²) in [5.74, 6) is 1.27. The standard InChI is InChI=1S/C26H39NO/c1-4-6-8-9-10-11-13-23-14-19-26(27-21-23)22(3)24-15-17-25(18-16-24)28-20-12-7-5-2/h14-19,21-22H,4-13,20H2,1-3H3. The summed E-state index contributed by atoms with van der Waals surface area (Å²) in [7, 11) is 0. The Hall–Kier alpha value is -1.83. The van der Waals surface area contributed by atoms with Gasteiger partial charge in [-0.2, -0.15) is 0 Å². The summed E-state index contributed by atoms with van der Waals surface area (Å²) in [5.41, 5.74) is 3.79. The Morgan fingerprint density at radius 1 is 0.786 bits per heavy atom. The zero-order chi connectivity index (χ0) is 20.0. The van der Waals surface area contributed by atoms with Gasteiger partial charge >= 0.3 is 0 Å². The van der Waals surface area contributed by atoms with Crippen LogP contribution in [-0.4, -0.2) is 11.6 Å². The van der Waals surface area contributed by atoms with Gasteiger partial charge < -0.3 is 4.74 Å². The molecule has 1 aromatic heterocycles. The van der Waals surface area contributed by atoms with E-state index in [1.54, 1.807) is 0 Å². The van der Waals surface area contributed by atoms with Crippen LogP contribution in [0.4, 0.5) is 0 Å². The molecule has 0 bridgehead atoms. The molecule has 154 valence electrons. The summed E-state index contributed by atoms with van der Waals surface area (Å²) in [6.07, 6.45) is 14.9. The maximum Gasteiger partial charge on any atom is 0.119 e. The van der Waals surface area contributed by atoms with E-state index in [-0.39, 0.29) is 0 Å². The van der Waals surface area contributed by atoms with Gasteiger partial charge in [0.2, 0.25) is 0 Å². The highest BCUT2D eigenvalue weighted by molar-refractivity contribution is 5.33. The lowest BCUT2D eigenvalue weighted by molar-refractivity contribution is 0.306. The van der Waals surface area contributed by atoms with Gasteiger partial charge in [0, 0.05) is 17.8 Å². The number of rotatable bonds is 14. The molecule has 2 rings (SSSR count). The molecule has 0 aliphatic carbocycles. The van der Waals surface area contributed by atoms with Crippen LogP contribution in [0.1, 0.15) is 101 Å². The number of hydrogen-bond donors (Lipinski definition) is 0. The van der Waals surface area contributed by atoms with E-state index in [0.29, 0.717) is 5.92 Å². The molecule has 0 saturated carbocycles. The minimum atomic E-state index is 0.303. The van der Waals surface area contributed by atoms with Gasteiger partial charge in [-0.15, -0.1) is 0 Å². The van der Waals surface area contributed by atoms with Crippen molar-refractivity contribution in [3.63, 3.8) is 0 Å². The summed E-state index contributed by atoms with van der Waals surface area (Å²) in [4.78, 5) is 4.74. The van der Waals surface area contributed by atoms with Crippen molar-refractivity contribution >= 4 is 0 Å². The van der Waals surface area contributed by atoms with Crippen molar-refractivity contribution in [3.05, 3.63) is 59.4 Å². The first-order chi connectivity index (χ1) is 13.7. The fourth-order valence-electron chi connectivity index (χ4n) is 3.51. The van der Waals surface area contributed by atoms with Gasteiger partial charge in [-0.05, 0) is 48.6 Å². The molecule has 0 aliphatic heterocycles. The summed E-state index contributed by atoms with van der Waals surface area (Å²) in [6.45, 7) is 7.52. The molecule has 0 N–H and O–H groups in total. The first-order valence-corrected chi connectivity index (χ1v) is 11.4. The normalized spacial score (nSPS) is 12.1. The van der Waals surface area contributed by atoms with Crippen molar-refractivity contribution < 1.29 is 4.74 Å². The smallest absolute Gasteiger partial charge is 0.119 e. The van der Waals surface area contributed by atoms with Crippen LogP contribution in [0, 0.1) is 0 Å².